The van der Waals surface area contributed by atoms with Crippen LogP contribution in [0, 0.1) is 11.8 Å². The van der Waals surface area contributed by atoms with Crippen molar-refractivity contribution < 1.29 is 4.79 Å². The summed E-state index contributed by atoms with van der Waals surface area (Å²) in [6.45, 7) is 3.30. The molecule has 5 rings (SSSR count). The molecule has 1 saturated carbocycles. The molecule has 2 aromatic heterocycles. The zero-order chi connectivity index (χ0) is 22.8. The minimum absolute atomic E-state index is 0.0240. The molecule has 1 aliphatic carbocycles. The van der Waals surface area contributed by atoms with Crippen LogP contribution in [0.25, 0.3) is 10.9 Å². The molecule has 1 saturated heterocycles. The van der Waals surface area contributed by atoms with Crippen LogP contribution in [0.5, 0.6) is 0 Å². The topological polar surface area (TPSA) is 104 Å². The van der Waals surface area contributed by atoms with Gasteiger partial charge in [-0.3, -0.25) is 19.1 Å². The van der Waals surface area contributed by atoms with Gasteiger partial charge < -0.3 is 14.8 Å². The van der Waals surface area contributed by atoms with Crippen molar-refractivity contribution in [1.29, 1.82) is 0 Å². The van der Waals surface area contributed by atoms with Crippen LogP contribution in [0.15, 0.2) is 52.4 Å². The largest absolute Gasteiger partial charge is 0.352 e. The van der Waals surface area contributed by atoms with Gasteiger partial charge in [-0.25, -0.2) is 9.78 Å². The number of nitrogens with one attached hydrogen (secondary N) is 1. The van der Waals surface area contributed by atoms with Crippen LogP contribution in [0.4, 0.5) is 5.82 Å². The first kappa shape index (κ1) is 21.4. The van der Waals surface area contributed by atoms with E-state index in [1.165, 1.54) is 4.57 Å². The fourth-order valence-electron chi connectivity index (χ4n) is 5.08. The van der Waals surface area contributed by atoms with E-state index in [9.17, 15) is 14.4 Å². The summed E-state index contributed by atoms with van der Waals surface area (Å²) in [6, 6.07) is 7.09. The van der Waals surface area contributed by atoms with Gasteiger partial charge in [0.2, 0.25) is 5.91 Å². The van der Waals surface area contributed by atoms with Crippen LogP contribution in [0.1, 0.15) is 25.7 Å². The quantitative estimate of drug-likeness (QED) is 0.651. The van der Waals surface area contributed by atoms with Gasteiger partial charge >= 0.3 is 5.69 Å². The molecule has 3 heterocycles. The zero-order valence-corrected chi connectivity index (χ0v) is 18.5. The third kappa shape index (κ3) is 4.40. The van der Waals surface area contributed by atoms with Crippen molar-refractivity contribution in [3.63, 3.8) is 0 Å². The lowest BCUT2D eigenvalue weighted by molar-refractivity contribution is -0.137. The number of carbonyl (C=O) groups is 1. The Morgan fingerprint density at radius 2 is 1.76 bits per heavy atom. The highest BCUT2D eigenvalue weighted by Gasteiger charge is 2.31. The molecule has 0 radical (unpaired) electrons. The Kier molecular flexibility index (Phi) is 5.93. The van der Waals surface area contributed by atoms with Gasteiger partial charge in [0.15, 0.2) is 0 Å². The number of nitrogens with zero attached hydrogens (tertiary/aromatic N) is 5. The molecule has 0 bridgehead atoms. The maximum atomic E-state index is 13.1. The molecule has 1 N–H and O–H groups in total. The second kappa shape index (κ2) is 9.17. The number of amides is 1. The zero-order valence-electron chi connectivity index (χ0n) is 18.5. The number of aromatic nitrogens is 4. The molecule has 2 aliphatic rings. The molecule has 9 nitrogen and oxygen atoms in total. The number of aromatic amines is 1. The number of para-hydroxylation sites is 1. The first-order chi connectivity index (χ1) is 16.1. The Balaban J connectivity index is 1.16. The normalized spacial score (nSPS) is 21.3. The highest BCUT2D eigenvalue weighted by atomic mass is 16.2. The van der Waals surface area contributed by atoms with Crippen LogP contribution in [-0.2, 0) is 11.3 Å². The summed E-state index contributed by atoms with van der Waals surface area (Å²) >= 11 is 0. The van der Waals surface area contributed by atoms with Crippen LogP contribution >= 0.6 is 0 Å². The van der Waals surface area contributed by atoms with Gasteiger partial charge in [-0.1, -0.05) is 12.1 Å². The van der Waals surface area contributed by atoms with E-state index >= 15 is 0 Å². The van der Waals surface area contributed by atoms with E-state index < -0.39 is 0 Å². The molecule has 1 aliphatic heterocycles. The van der Waals surface area contributed by atoms with Crippen molar-refractivity contribution >= 4 is 22.6 Å². The molecule has 0 atom stereocenters. The minimum Gasteiger partial charge on any atom is -0.352 e. The summed E-state index contributed by atoms with van der Waals surface area (Å²) in [4.78, 5) is 53.8. The van der Waals surface area contributed by atoms with Gasteiger partial charge in [0.1, 0.15) is 5.82 Å². The predicted octanol–water partition coefficient (Wildman–Crippen LogP) is 1.63. The highest BCUT2D eigenvalue weighted by Crippen LogP contribution is 2.31. The fraction of sp³-hybridized carbons (Fsp3) is 0.458. The maximum absolute atomic E-state index is 13.1. The average Bonchev–Trinajstić information content (AvgIpc) is 2.87. The molecule has 1 aromatic carbocycles. The van der Waals surface area contributed by atoms with Crippen molar-refractivity contribution in [3.8, 4) is 0 Å². The molecule has 9 heteroatoms. The Labute approximate surface area is 191 Å². The number of carbonyl (C=O) groups excluding carboxylic acids is 1. The van der Waals surface area contributed by atoms with E-state index in [1.807, 2.05) is 4.90 Å². The van der Waals surface area contributed by atoms with Crippen LogP contribution in [-0.4, -0.2) is 56.5 Å². The lowest BCUT2D eigenvalue weighted by atomic mass is 9.81. The first-order valence-corrected chi connectivity index (χ1v) is 11.6. The minimum atomic E-state index is -0.363. The van der Waals surface area contributed by atoms with E-state index in [1.54, 1.807) is 42.9 Å². The number of benzene rings is 1. The fourth-order valence-corrected chi connectivity index (χ4v) is 5.08. The number of anilines is 1. The number of hydrogen-bond acceptors (Lipinski definition) is 6. The molecule has 33 heavy (non-hydrogen) atoms. The van der Waals surface area contributed by atoms with E-state index in [2.05, 4.69) is 19.9 Å². The Hall–Kier alpha value is -3.49. The van der Waals surface area contributed by atoms with Gasteiger partial charge in [0.25, 0.3) is 5.56 Å². The van der Waals surface area contributed by atoms with Gasteiger partial charge in [-0.15, -0.1) is 0 Å². The van der Waals surface area contributed by atoms with Crippen molar-refractivity contribution in [2.24, 2.45) is 11.8 Å². The van der Waals surface area contributed by atoms with Crippen molar-refractivity contribution in [1.82, 2.24) is 24.4 Å². The van der Waals surface area contributed by atoms with E-state index in [0.29, 0.717) is 30.5 Å². The molecule has 1 amide bonds. The summed E-state index contributed by atoms with van der Waals surface area (Å²) in [7, 11) is 0. The van der Waals surface area contributed by atoms with E-state index in [0.717, 1.165) is 44.6 Å². The third-order valence-corrected chi connectivity index (χ3v) is 6.99. The number of hydrogen-bond donors (Lipinski definition) is 1. The van der Waals surface area contributed by atoms with E-state index in [-0.39, 0.29) is 29.0 Å². The molecule has 0 unspecified atom stereocenters. The summed E-state index contributed by atoms with van der Waals surface area (Å²) in [5.41, 5.74) is -0.0381. The van der Waals surface area contributed by atoms with Crippen molar-refractivity contribution in [3.05, 3.63) is 63.7 Å². The lowest BCUT2D eigenvalue weighted by Gasteiger charge is -2.38. The monoisotopic (exact) mass is 448 g/mol. The lowest BCUT2D eigenvalue weighted by Crippen LogP contribution is -2.51. The molecule has 0 spiro atoms. The van der Waals surface area contributed by atoms with Gasteiger partial charge in [0.05, 0.1) is 17.1 Å². The van der Waals surface area contributed by atoms with Crippen LogP contribution in [0.2, 0.25) is 0 Å². The van der Waals surface area contributed by atoms with Gasteiger partial charge in [0, 0.05) is 51.0 Å². The summed E-state index contributed by atoms with van der Waals surface area (Å²) in [6.07, 6.45) is 8.38. The third-order valence-electron chi connectivity index (χ3n) is 6.99. The summed E-state index contributed by atoms with van der Waals surface area (Å²) < 4.78 is 1.32. The van der Waals surface area contributed by atoms with Gasteiger partial charge in [-0.2, -0.15) is 0 Å². The number of fused-ring (bicyclic) bond motifs is 1. The second-order valence-electron chi connectivity index (χ2n) is 8.99. The number of rotatable bonds is 4. The Morgan fingerprint density at radius 3 is 2.48 bits per heavy atom. The maximum Gasteiger partial charge on any atom is 0.328 e. The van der Waals surface area contributed by atoms with Crippen molar-refractivity contribution in [2.45, 2.75) is 32.2 Å². The first-order valence-electron chi connectivity index (χ1n) is 11.6. The Bertz CT molecular complexity index is 1240. The molecule has 2 fully saturated rings. The van der Waals surface area contributed by atoms with Crippen molar-refractivity contribution in [2.75, 3.05) is 31.1 Å². The van der Waals surface area contributed by atoms with Gasteiger partial charge in [-0.05, 0) is 43.7 Å². The highest BCUT2D eigenvalue weighted by molar-refractivity contribution is 5.79. The molecule has 172 valence electrons. The Morgan fingerprint density at radius 1 is 1.00 bits per heavy atom. The smallest absolute Gasteiger partial charge is 0.328 e. The SMILES string of the molecule is O=C(C1CCC(Cn2c(=O)[nH]c3ccccc3c2=O)CC1)N1CCN(c2cnccn2)CC1. The number of piperazine rings is 1. The summed E-state index contributed by atoms with van der Waals surface area (Å²) in [5, 5.41) is 0.529. The molecular weight excluding hydrogens is 420 g/mol. The van der Waals surface area contributed by atoms with E-state index in [4.69, 9.17) is 0 Å². The average molecular weight is 449 g/mol. The second-order valence-corrected chi connectivity index (χ2v) is 8.99. The summed E-state index contributed by atoms with van der Waals surface area (Å²) in [5.74, 6) is 1.33. The standard InChI is InChI=1S/C24H28N6O3/c31-22(29-13-11-28(12-14-29)21-15-25-9-10-26-21)18-7-5-17(6-8-18)16-30-23(32)19-3-1-2-4-20(19)27-24(30)33/h1-4,9-10,15,17-18H,5-8,11-14,16H2,(H,27,33). The number of H-pyrrole nitrogens is 1. The predicted molar refractivity (Wildman–Crippen MR) is 125 cm³/mol. The molecular formula is C24H28N6O3. The van der Waals surface area contributed by atoms with Crippen LogP contribution < -0.4 is 16.1 Å². The van der Waals surface area contributed by atoms with Crippen LogP contribution in [0.3, 0.4) is 0 Å². The molecule has 3 aromatic rings.